The highest BCUT2D eigenvalue weighted by molar-refractivity contribution is 5.89. The maximum atomic E-state index is 12.3. The Labute approximate surface area is 136 Å². The number of nitrogens with zero attached hydrogens (tertiary/aromatic N) is 2. The number of benzene rings is 1. The molecule has 0 aliphatic carbocycles. The molecule has 0 unspecified atom stereocenters. The smallest absolute Gasteiger partial charge is 0.418 e. The van der Waals surface area contributed by atoms with Crippen molar-refractivity contribution in [2.75, 3.05) is 26.3 Å². The van der Waals surface area contributed by atoms with Gasteiger partial charge >= 0.3 is 6.09 Å². The third kappa shape index (κ3) is 3.92. The van der Waals surface area contributed by atoms with Gasteiger partial charge in [-0.05, 0) is 44.5 Å². The van der Waals surface area contributed by atoms with Gasteiger partial charge in [-0.1, -0.05) is 6.07 Å². The molecule has 0 radical (unpaired) electrons. The third-order valence-corrected chi connectivity index (χ3v) is 3.85. The van der Waals surface area contributed by atoms with Crippen molar-refractivity contribution >= 4 is 17.0 Å². The van der Waals surface area contributed by atoms with Crippen molar-refractivity contribution in [3.63, 3.8) is 0 Å². The Bertz CT molecular complexity index is 694. The van der Waals surface area contributed by atoms with Crippen molar-refractivity contribution in [3.05, 3.63) is 36.0 Å². The molecule has 1 saturated heterocycles. The van der Waals surface area contributed by atoms with Crippen LogP contribution in [0.2, 0.25) is 0 Å². The fourth-order valence-corrected chi connectivity index (χ4v) is 2.78. The molecular formula is C18H24N2O3. The van der Waals surface area contributed by atoms with Crippen LogP contribution in [0.4, 0.5) is 4.79 Å². The van der Waals surface area contributed by atoms with Crippen LogP contribution in [0, 0.1) is 0 Å². The molecule has 5 nitrogen and oxygen atoms in total. The molecule has 3 rings (SSSR count). The third-order valence-electron chi connectivity index (χ3n) is 3.85. The van der Waals surface area contributed by atoms with Crippen molar-refractivity contribution in [1.82, 2.24) is 9.47 Å². The largest absolute Gasteiger partial charge is 0.443 e. The number of ether oxygens (including phenoxy) is 2. The lowest BCUT2D eigenvalue weighted by molar-refractivity contribution is 0.0342. The highest BCUT2D eigenvalue weighted by atomic mass is 16.6. The Balaban J connectivity index is 1.78. The zero-order valence-corrected chi connectivity index (χ0v) is 14.0. The molecule has 23 heavy (non-hydrogen) atoms. The molecule has 1 aromatic heterocycles. The molecule has 1 aliphatic heterocycles. The quantitative estimate of drug-likeness (QED) is 0.853. The summed E-state index contributed by atoms with van der Waals surface area (Å²) in [6.07, 6.45) is 1.44. The highest BCUT2D eigenvalue weighted by Crippen LogP contribution is 2.20. The number of carbonyl (C=O) groups excluding carboxylic acids is 1. The van der Waals surface area contributed by atoms with E-state index < -0.39 is 5.60 Å². The van der Waals surface area contributed by atoms with Crippen LogP contribution in [0.15, 0.2) is 30.5 Å². The van der Waals surface area contributed by atoms with E-state index in [1.54, 1.807) is 10.8 Å². The molecule has 0 bridgehead atoms. The van der Waals surface area contributed by atoms with Gasteiger partial charge in [0.2, 0.25) is 0 Å². The first kappa shape index (κ1) is 16.0. The summed E-state index contributed by atoms with van der Waals surface area (Å²) in [4.78, 5) is 14.6. The second-order valence-corrected chi connectivity index (χ2v) is 6.95. The molecular weight excluding hydrogens is 292 g/mol. The van der Waals surface area contributed by atoms with Crippen LogP contribution in [0.5, 0.6) is 0 Å². The van der Waals surface area contributed by atoms with E-state index in [1.807, 2.05) is 32.9 Å². The summed E-state index contributed by atoms with van der Waals surface area (Å²) in [5.41, 5.74) is 1.63. The van der Waals surface area contributed by atoms with E-state index in [0.717, 1.165) is 43.8 Å². The summed E-state index contributed by atoms with van der Waals surface area (Å²) in [6.45, 7) is 10.1. The van der Waals surface area contributed by atoms with Crippen molar-refractivity contribution in [3.8, 4) is 0 Å². The fraction of sp³-hybridized carbons (Fsp3) is 0.500. The molecule has 2 heterocycles. The lowest BCUT2D eigenvalue weighted by Gasteiger charge is -2.26. The molecule has 2 aromatic rings. The van der Waals surface area contributed by atoms with E-state index in [4.69, 9.17) is 9.47 Å². The van der Waals surface area contributed by atoms with Crippen LogP contribution < -0.4 is 0 Å². The predicted molar refractivity (Wildman–Crippen MR) is 89.7 cm³/mol. The Kier molecular flexibility index (Phi) is 4.41. The number of hydrogen-bond acceptors (Lipinski definition) is 4. The maximum absolute atomic E-state index is 12.3. The van der Waals surface area contributed by atoms with E-state index in [2.05, 4.69) is 17.0 Å². The molecule has 0 amide bonds. The molecule has 5 heteroatoms. The van der Waals surface area contributed by atoms with Crippen molar-refractivity contribution < 1.29 is 14.3 Å². The molecule has 0 atom stereocenters. The van der Waals surface area contributed by atoms with Crippen LogP contribution in [-0.2, 0) is 16.0 Å². The first-order valence-electron chi connectivity index (χ1n) is 8.06. The summed E-state index contributed by atoms with van der Waals surface area (Å²) in [6, 6.07) is 8.18. The number of hydrogen-bond donors (Lipinski definition) is 0. The van der Waals surface area contributed by atoms with E-state index in [9.17, 15) is 4.79 Å². The van der Waals surface area contributed by atoms with Gasteiger partial charge in [0, 0.05) is 31.2 Å². The average molecular weight is 316 g/mol. The van der Waals surface area contributed by atoms with Gasteiger partial charge in [0.05, 0.1) is 18.7 Å². The topological polar surface area (TPSA) is 43.7 Å². The van der Waals surface area contributed by atoms with Gasteiger partial charge < -0.3 is 9.47 Å². The summed E-state index contributed by atoms with van der Waals surface area (Å²) in [5, 5.41) is 1.06. The molecule has 1 aliphatic rings. The van der Waals surface area contributed by atoms with Crippen molar-refractivity contribution in [2.24, 2.45) is 0 Å². The first-order valence-corrected chi connectivity index (χ1v) is 8.06. The van der Waals surface area contributed by atoms with Gasteiger partial charge in [0.1, 0.15) is 5.60 Å². The highest BCUT2D eigenvalue weighted by Gasteiger charge is 2.19. The Morgan fingerprint density at radius 3 is 2.65 bits per heavy atom. The number of aromatic nitrogens is 1. The summed E-state index contributed by atoms with van der Waals surface area (Å²) < 4.78 is 12.4. The maximum Gasteiger partial charge on any atom is 0.418 e. The number of morpholine rings is 1. The predicted octanol–water partition coefficient (Wildman–Crippen LogP) is 3.26. The standard InChI is InChI=1S/C18H24N2O3/c1-18(2,3)23-17(21)20-7-6-15-12-14(4-5-16(15)20)13-19-8-10-22-11-9-19/h4-7,12H,8-11,13H2,1-3H3. The zero-order valence-electron chi connectivity index (χ0n) is 14.0. The van der Waals surface area contributed by atoms with Crippen molar-refractivity contribution in [1.29, 1.82) is 0 Å². The zero-order chi connectivity index (χ0) is 16.4. The fourth-order valence-electron chi connectivity index (χ4n) is 2.78. The van der Waals surface area contributed by atoms with Gasteiger partial charge in [-0.3, -0.25) is 9.47 Å². The van der Waals surface area contributed by atoms with Gasteiger partial charge in [0.15, 0.2) is 0 Å². The van der Waals surface area contributed by atoms with Gasteiger partial charge in [-0.25, -0.2) is 4.79 Å². The Morgan fingerprint density at radius 1 is 1.22 bits per heavy atom. The molecule has 0 saturated carbocycles. The van der Waals surface area contributed by atoms with E-state index >= 15 is 0 Å². The normalized spacial score (nSPS) is 16.7. The summed E-state index contributed by atoms with van der Waals surface area (Å²) >= 11 is 0. The molecule has 0 N–H and O–H groups in total. The lowest BCUT2D eigenvalue weighted by atomic mass is 10.1. The second-order valence-electron chi connectivity index (χ2n) is 6.95. The first-order chi connectivity index (χ1) is 10.9. The van der Waals surface area contributed by atoms with E-state index in [0.29, 0.717) is 0 Å². The average Bonchev–Trinajstić information content (AvgIpc) is 2.90. The van der Waals surface area contributed by atoms with Gasteiger partial charge in [0.25, 0.3) is 0 Å². The molecule has 1 fully saturated rings. The lowest BCUT2D eigenvalue weighted by Crippen LogP contribution is -2.35. The number of carbonyl (C=O) groups is 1. The van der Waals surface area contributed by atoms with Crippen molar-refractivity contribution in [2.45, 2.75) is 32.9 Å². The van der Waals surface area contributed by atoms with Crippen LogP contribution in [0.25, 0.3) is 10.9 Å². The SMILES string of the molecule is CC(C)(C)OC(=O)n1ccc2cc(CN3CCOCC3)ccc21. The van der Waals surface area contributed by atoms with Crippen LogP contribution >= 0.6 is 0 Å². The number of fused-ring (bicyclic) bond motifs is 1. The van der Waals surface area contributed by atoms with Gasteiger partial charge in [-0.15, -0.1) is 0 Å². The Hall–Kier alpha value is -1.85. The monoisotopic (exact) mass is 316 g/mol. The van der Waals surface area contributed by atoms with Gasteiger partial charge in [-0.2, -0.15) is 0 Å². The summed E-state index contributed by atoms with van der Waals surface area (Å²) in [7, 11) is 0. The minimum Gasteiger partial charge on any atom is -0.443 e. The molecule has 1 aromatic carbocycles. The van der Waals surface area contributed by atoms with Crippen LogP contribution in [0.1, 0.15) is 26.3 Å². The van der Waals surface area contributed by atoms with E-state index in [1.165, 1.54) is 5.56 Å². The molecule has 124 valence electrons. The minimum absolute atomic E-state index is 0.339. The Morgan fingerprint density at radius 2 is 1.96 bits per heavy atom. The summed E-state index contributed by atoms with van der Waals surface area (Å²) in [5.74, 6) is 0. The van der Waals surface area contributed by atoms with Crippen LogP contribution in [0.3, 0.4) is 0 Å². The molecule has 0 spiro atoms. The number of rotatable bonds is 2. The minimum atomic E-state index is -0.496. The second kappa shape index (κ2) is 6.34. The van der Waals surface area contributed by atoms with E-state index in [-0.39, 0.29) is 6.09 Å². The van der Waals surface area contributed by atoms with Crippen LogP contribution in [-0.4, -0.2) is 47.5 Å².